The number of aromatic nitrogens is 4. The summed E-state index contributed by atoms with van der Waals surface area (Å²) in [6, 6.07) is 15.9. The number of methoxy groups -OCH3 is 1. The number of amides is 2. The minimum absolute atomic E-state index is 0.179. The quantitative estimate of drug-likeness (QED) is 0.367. The Morgan fingerprint density at radius 1 is 0.972 bits per heavy atom. The summed E-state index contributed by atoms with van der Waals surface area (Å²) < 4.78 is 9.05. The lowest BCUT2D eigenvalue weighted by molar-refractivity contribution is -0.117. The molecular formula is C25H26N6O5. The second kappa shape index (κ2) is 10.8. The third-order valence-electron chi connectivity index (χ3n) is 5.47. The Bertz CT molecular complexity index is 1520. The van der Waals surface area contributed by atoms with Gasteiger partial charge in [0.05, 0.1) is 19.5 Å². The molecule has 36 heavy (non-hydrogen) atoms. The molecule has 11 heteroatoms. The highest BCUT2D eigenvalue weighted by Gasteiger charge is 2.20. The first kappa shape index (κ1) is 24.6. The van der Waals surface area contributed by atoms with Gasteiger partial charge in [0.15, 0.2) is 11.2 Å². The van der Waals surface area contributed by atoms with Crippen LogP contribution >= 0.6 is 0 Å². The Hall–Kier alpha value is -4.51. The molecule has 2 amide bonds. The van der Waals surface area contributed by atoms with E-state index in [9.17, 15) is 19.2 Å². The van der Waals surface area contributed by atoms with Crippen molar-refractivity contribution < 1.29 is 14.3 Å². The molecule has 0 aliphatic carbocycles. The van der Waals surface area contributed by atoms with Gasteiger partial charge >= 0.3 is 5.69 Å². The number of carbonyl (C=O) groups is 2. The van der Waals surface area contributed by atoms with Crippen LogP contribution in [0.15, 0.2) is 70.5 Å². The van der Waals surface area contributed by atoms with Crippen LogP contribution < -0.4 is 21.9 Å². The zero-order valence-electron chi connectivity index (χ0n) is 19.9. The van der Waals surface area contributed by atoms with Gasteiger partial charge in [-0.3, -0.25) is 19.0 Å². The minimum Gasteiger partial charge on any atom is -0.383 e. The van der Waals surface area contributed by atoms with Gasteiger partial charge in [0.25, 0.3) is 5.56 Å². The SMILES string of the molecule is COCCn1cnc2c1c(=O)n(CC(=O)Nc1cccc(NC(C)=O)c1)c(=O)n2Cc1ccccc1. The maximum Gasteiger partial charge on any atom is 0.333 e. The summed E-state index contributed by atoms with van der Waals surface area (Å²) in [5.41, 5.74) is 0.955. The molecule has 0 aliphatic rings. The topological polar surface area (TPSA) is 129 Å². The van der Waals surface area contributed by atoms with Gasteiger partial charge < -0.3 is 19.9 Å². The van der Waals surface area contributed by atoms with Crippen molar-refractivity contribution in [3.05, 3.63) is 87.3 Å². The van der Waals surface area contributed by atoms with Gasteiger partial charge in [-0.25, -0.2) is 14.3 Å². The predicted octanol–water partition coefficient (Wildman–Crippen LogP) is 1.65. The van der Waals surface area contributed by atoms with Gasteiger partial charge in [0.2, 0.25) is 11.8 Å². The standard InChI is InChI=1S/C25H26N6O5/c1-17(32)27-19-9-6-10-20(13-19)28-21(33)15-31-24(34)22-23(26-16-29(22)11-12-36-2)30(25(31)35)14-18-7-4-3-5-8-18/h3-10,13,16H,11-12,14-15H2,1-2H3,(H,27,32)(H,28,33). The molecule has 0 atom stereocenters. The summed E-state index contributed by atoms with van der Waals surface area (Å²) in [7, 11) is 1.55. The Labute approximate surface area is 206 Å². The van der Waals surface area contributed by atoms with Gasteiger partial charge in [-0.15, -0.1) is 0 Å². The van der Waals surface area contributed by atoms with Crippen LogP contribution in [-0.4, -0.2) is 44.2 Å². The maximum atomic E-state index is 13.4. The predicted molar refractivity (Wildman–Crippen MR) is 135 cm³/mol. The number of benzene rings is 2. The van der Waals surface area contributed by atoms with Gasteiger partial charge in [-0.2, -0.15) is 0 Å². The van der Waals surface area contributed by atoms with Gasteiger partial charge in [0.1, 0.15) is 6.54 Å². The summed E-state index contributed by atoms with van der Waals surface area (Å²) >= 11 is 0. The summed E-state index contributed by atoms with van der Waals surface area (Å²) in [5, 5.41) is 5.32. The third kappa shape index (κ3) is 5.41. The van der Waals surface area contributed by atoms with Crippen LogP contribution in [0, 0.1) is 0 Å². The average molecular weight is 491 g/mol. The normalized spacial score (nSPS) is 10.9. The van der Waals surface area contributed by atoms with E-state index >= 15 is 0 Å². The molecule has 0 unspecified atom stereocenters. The number of hydrogen-bond donors (Lipinski definition) is 2. The number of imidazole rings is 1. The molecule has 2 aromatic heterocycles. The zero-order valence-corrected chi connectivity index (χ0v) is 19.9. The highest BCUT2D eigenvalue weighted by atomic mass is 16.5. The summed E-state index contributed by atoms with van der Waals surface area (Å²) in [6.07, 6.45) is 1.49. The first-order valence-electron chi connectivity index (χ1n) is 11.3. The number of nitrogens with one attached hydrogen (secondary N) is 2. The Balaban J connectivity index is 1.72. The van der Waals surface area contributed by atoms with Gasteiger partial charge in [0, 0.05) is 32.0 Å². The Morgan fingerprint density at radius 2 is 1.69 bits per heavy atom. The molecule has 2 heterocycles. The third-order valence-corrected chi connectivity index (χ3v) is 5.47. The van der Waals surface area contributed by atoms with Gasteiger partial charge in [-0.05, 0) is 23.8 Å². The first-order valence-corrected chi connectivity index (χ1v) is 11.3. The largest absolute Gasteiger partial charge is 0.383 e. The number of carbonyl (C=O) groups excluding carboxylic acids is 2. The molecular weight excluding hydrogens is 464 g/mol. The molecule has 0 spiro atoms. The fourth-order valence-electron chi connectivity index (χ4n) is 3.87. The van der Waals surface area contributed by atoms with Crippen molar-refractivity contribution >= 4 is 34.4 Å². The van der Waals surface area contributed by atoms with Crippen LogP contribution in [0.25, 0.3) is 11.2 Å². The van der Waals surface area contributed by atoms with E-state index in [0.717, 1.165) is 10.1 Å². The van der Waals surface area contributed by atoms with Gasteiger partial charge in [-0.1, -0.05) is 36.4 Å². The van der Waals surface area contributed by atoms with Crippen molar-refractivity contribution in [1.82, 2.24) is 18.7 Å². The molecule has 0 bridgehead atoms. The van der Waals surface area contributed by atoms with Crippen molar-refractivity contribution in [1.29, 1.82) is 0 Å². The Kier molecular flexibility index (Phi) is 7.40. The van der Waals surface area contributed by atoms with Crippen LogP contribution in [0.3, 0.4) is 0 Å². The number of hydrogen-bond acceptors (Lipinski definition) is 6. The van der Waals surface area contributed by atoms with Crippen LogP contribution in [0.5, 0.6) is 0 Å². The van der Waals surface area contributed by atoms with Crippen molar-refractivity contribution in [3.63, 3.8) is 0 Å². The first-order chi connectivity index (χ1) is 17.4. The van der Waals surface area contributed by atoms with Crippen LogP contribution in [0.2, 0.25) is 0 Å². The number of nitrogens with zero attached hydrogens (tertiary/aromatic N) is 4. The summed E-state index contributed by atoms with van der Waals surface area (Å²) in [5.74, 6) is -0.815. The lowest BCUT2D eigenvalue weighted by atomic mass is 10.2. The highest BCUT2D eigenvalue weighted by Crippen LogP contribution is 2.15. The van der Waals surface area contributed by atoms with Crippen molar-refractivity contribution in [2.75, 3.05) is 24.4 Å². The van der Waals surface area contributed by atoms with E-state index in [1.807, 2.05) is 30.3 Å². The number of rotatable bonds is 9. The van der Waals surface area contributed by atoms with E-state index in [-0.39, 0.29) is 23.6 Å². The summed E-state index contributed by atoms with van der Waals surface area (Å²) in [4.78, 5) is 55.3. The fraction of sp³-hybridized carbons (Fsp3) is 0.240. The monoisotopic (exact) mass is 490 g/mol. The second-order valence-electron chi connectivity index (χ2n) is 8.16. The van der Waals surface area contributed by atoms with E-state index in [1.54, 1.807) is 35.9 Å². The highest BCUT2D eigenvalue weighted by molar-refractivity contribution is 5.93. The van der Waals surface area contributed by atoms with E-state index < -0.39 is 23.7 Å². The molecule has 2 aromatic carbocycles. The lowest BCUT2D eigenvalue weighted by Crippen LogP contribution is -2.43. The van der Waals surface area contributed by atoms with E-state index in [0.29, 0.717) is 24.5 Å². The van der Waals surface area contributed by atoms with Crippen LogP contribution in [0.1, 0.15) is 12.5 Å². The lowest BCUT2D eigenvalue weighted by Gasteiger charge is -2.13. The van der Waals surface area contributed by atoms with Crippen molar-refractivity contribution in [3.8, 4) is 0 Å². The molecule has 4 aromatic rings. The van der Waals surface area contributed by atoms with Crippen LogP contribution in [0.4, 0.5) is 11.4 Å². The molecule has 4 rings (SSSR count). The van der Waals surface area contributed by atoms with E-state index in [4.69, 9.17) is 4.74 Å². The number of anilines is 2. The number of ether oxygens (including phenoxy) is 1. The maximum absolute atomic E-state index is 13.4. The molecule has 0 saturated heterocycles. The fourth-order valence-corrected chi connectivity index (χ4v) is 3.87. The van der Waals surface area contributed by atoms with Crippen molar-refractivity contribution in [2.45, 2.75) is 26.6 Å². The number of fused-ring (bicyclic) bond motifs is 1. The molecule has 0 fully saturated rings. The Morgan fingerprint density at radius 3 is 2.39 bits per heavy atom. The molecule has 0 saturated carbocycles. The molecule has 2 N–H and O–H groups in total. The minimum atomic E-state index is -0.643. The van der Waals surface area contributed by atoms with Crippen molar-refractivity contribution in [2.24, 2.45) is 0 Å². The molecule has 11 nitrogen and oxygen atoms in total. The molecule has 0 aliphatic heterocycles. The van der Waals surface area contributed by atoms with E-state index in [2.05, 4.69) is 15.6 Å². The summed E-state index contributed by atoms with van der Waals surface area (Å²) in [6.45, 7) is 1.76. The zero-order chi connectivity index (χ0) is 25.7. The second-order valence-corrected chi connectivity index (χ2v) is 8.16. The molecule has 0 radical (unpaired) electrons. The average Bonchev–Trinajstić information content (AvgIpc) is 3.27. The van der Waals surface area contributed by atoms with E-state index in [1.165, 1.54) is 17.8 Å². The smallest absolute Gasteiger partial charge is 0.333 e. The van der Waals surface area contributed by atoms with Crippen LogP contribution in [-0.2, 0) is 34.0 Å². The molecule has 186 valence electrons.